The fraction of sp³-hybridized carbons (Fsp3) is 0.167. The Balaban J connectivity index is 1.95. The van der Waals surface area contributed by atoms with Gasteiger partial charge in [0.1, 0.15) is 5.75 Å². The van der Waals surface area contributed by atoms with Gasteiger partial charge < -0.3 is 4.74 Å². The number of hydrogen-bond donors (Lipinski definition) is 0. The molecule has 0 N–H and O–H groups in total. The highest BCUT2D eigenvalue weighted by Crippen LogP contribution is 2.28. The molecule has 0 saturated heterocycles. The van der Waals surface area contributed by atoms with Crippen molar-refractivity contribution in [3.8, 4) is 5.75 Å². The van der Waals surface area contributed by atoms with Crippen LogP contribution in [0.5, 0.6) is 5.75 Å². The van der Waals surface area contributed by atoms with E-state index in [1.165, 1.54) is 0 Å². The summed E-state index contributed by atoms with van der Waals surface area (Å²) < 4.78 is 6.51. The Kier molecular flexibility index (Phi) is 3.76. The summed E-state index contributed by atoms with van der Waals surface area (Å²) in [7, 11) is 1.64. The number of ether oxygens (including phenoxy) is 1. The molecule has 0 unspecified atom stereocenters. The van der Waals surface area contributed by atoms with E-state index < -0.39 is 0 Å². The van der Waals surface area contributed by atoms with Crippen molar-refractivity contribution in [1.29, 1.82) is 0 Å². The van der Waals surface area contributed by atoms with Crippen LogP contribution in [0, 0.1) is 6.92 Å². The number of methoxy groups -OCH3 is 1. The van der Waals surface area contributed by atoms with Gasteiger partial charge in [0.15, 0.2) is 5.78 Å². The lowest BCUT2D eigenvalue weighted by Gasteiger charge is -2.08. The first-order chi connectivity index (χ1) is 10.2. The number of carbonyl (C=O) groups is 1. The first-order valence-electron chi connectivity index (χ1n) is 6.82. The molecular formula is C18H16O2S. The molecule has 0 spiro atoms. The summed E-state index contributed by atoms with van der Waals surface area (Å²) in [5, 5.41) is 2.99. The van der Waals surface area contributed by atoms with Crippen LogP contribution in [0.25, 0.3) is 10.1 Å². The van der Waals surface area contributed by atoms with Gasteiger partial charge in [-0.05, 0) is 19.1 Å². The van der Waals surface area contributed by atoms with E-state index in [0.717, 1.165) is 32.5 Å². The number of thiophene rings is 1. The number of carbonyl (C=O) groups excluding carboxylic acids is 1. The van der Waals surface area contributed by atoms with Crippen LogP contribution in [0.15, 0.2) is 47.8 Å². The number of fused-ring (bicyclic) bond motifs is 1. The molecule has 21 heavy (non-hydrogen) atoms. The summed E-state index contributed by atoms with van der Waals surface area (Å²) >= 11 is 1.61. The first-order valence-corrected chi connectivity index (χ1v) is 7.70. The van der Waals surface area contributed by atoms with Crippen LogP contribution in [-0.2, 0) is 6.42 Å². The minimum absolute atomic E-state index is 0.136. The molecule has 1 aromatic heterocycles. The number of ketones is 1. The summed E-state index contributed by atoms with van der Waals surface area (Å²) in [6.07, 6.45) is 0.367. The highest BCUT2D eigenvalue weighted by Gasteiger charge is 2.15. The molecule has 0 amide bonds. The summed E-state index contributed by atoms with van der Waals surface area (Å²) in [4.78, 5) is 12.6. The predicted octanol–water partition coefficient (Wildman–Crippen LogP) is 4.64. The maximum atomic E-state index is 12.6. The van der Waals surface area contributed by atoms with E-state index in [1.807, 2.05) is 54.8 Å². The van der Waals surface area contributed by atoms with E-state index in [4.69, 9.17) is 4.74 Å². The van der Waals surface area contributed by atoms with Crippen molar-refractivity contribution in [3.63, 3.8) is 0 Å². The lowest BCUT2D eigenvalue weighted by molar-refractivity contribution is 0.0994. The summed E-state index contributed by atoms with van der Waals surface area (Å²) in [5.41, 5.74) is 2.88. The van der Waals surface area contributed by atoms with Crippen LogP contribution >= 0.6 is 11.3 Å². The van der Waals surface area contributed by atoms with Crippen molar-refractivity contribution in [2.45, 2.75) is 13.3 Å². The third-order valence-electron chi connectivity index (χ3n) is 3.57. The average Bonchev–Trinajstić information content (AvgIpc) is 2.91. The standard InChI is InChI=1S/C18H16O2S/c1-12-7-8-17(20-2)13(9-12)10-16(19)15-11-21-18-6-4-3-5-14(15)18/h3-9,11H,10H2,1-2H3. The van der Waals surface area contributed by atoms with Crippen molar-refractivity contribution >= 4 is 27.2 Å². The number of Topliss-reactive ketones (excluding diaryl/α,β-unsaturated/α-hetero) is 1. The summed E-state index contributed by atoms with van der Waals surface area (Å²) in [5.74, 6) is 0.907. The molecule has 0 bridgehead atoms. The topological polar surface area (TPSA) is 26.3 Å². The Morgan fingerprint density at radius 2 is 2.00 bits per heavy atom. The molecule has 2 aromatic carbocycles. The lowest BCUT2D eigenvalue weighted by Crippen LogP contribution is -2.04. The molecule has 2 nitrogen and oxygen atoms in total. The normalized spacial score (nSPS) is 10.8. The van der Waals surface area contributed by atoms with Crippen LogP contribution in [0.1, 0.15) is 21.5 Å². The van der Waals surface area contributed by atoms with Crippen molar-refractivity contribution in [2.75, 3.05) is 7.11 Å². The van der Waals surface area contributed by atoms with E-state index in [1.54, 1.807) is 18.4 Å². The monoisotopic (exact) mass is 296 g/mol. The molecule has 0 aliphatic heterocycles. The molecule has 0 atom stereocenters. The van der Waals surface area contributed by atoms with E-state index in [0.29, 0.717) is 6.42 Å². The Morgan fingerprint density at radius 1 is 1.19 bits per heavy atom. The minimum Gasteiger partial charge on any atom is -0.496 e. The average molecular weight is 296 g/mol. The van der Waals surface area contributed by atoms with E-state index >= 15 is 0 Å². The zero-order valence-corrected chi connectivity index (χ0v) is 12.9. The highest BCUT2D eigenvalue weighted by atomic mass is 32.1. The van der Waals surface area contributed by atoms with Crippen molar-refractivity contribution in [1.82, 2.24) is 0 Å². The fourth-order valence-electron chi connectivity index (χ4n) is 2.51. The van der Waals surface area contributed by atoms with Gasteiger partial charge in [0.05, 0.1) is 7.11 Å². The Morgan fingerprint density at radius 3 is 2.81 bits per heavy atom. The van der Waals surface area contributed by atoms with Crippen molar-refractivity contribution < 1.29 is 9.53 Å². The van der Waals surface area contributed by atoms with Crippen molar-refractivity contribution in [3.05, 3.63) is 64.5 Å². The van der Waals surface area contributed by atoms with Crippen LogP contribution in [0.2, 0.25) is 0 Å². The SMILES string of the molecule is COc1ccc(C)cc1CC(=O)c1csc2ccccc12. The summed E-state index contributed by atoms with van der Waals surface area (Å²) in [6, 6.07) is 14.0. The molecule has 106 valence electrons. The maximum absolute atomic E-state index is 12.6. The first kappa shape index (κ1) is 13.8. The largest absolute Gasteiger partial charge is 0.496 e. The molecule has 0 fully saturated rings. The smallest absolute Gasteiger partial charge is 0.168 e. The molecule has 0 aliphatic rings. The maximum Gasteiger partial charge on any atom is 0.168 e. The predicted molar refractivity (Wildman–Crippen MR) is 87.6 cm³/mol. The molecule has 0 radical (unpaired) electrons. The third-order valence-corrected chi connectivity index (χ3v) is 4.53. The molecule has 1 heterocycles. The molecule has 3 rings (SSSR count). The van der Waals surface area contributed by atoms with Gasteiger partial charge in [0.25, 0.3) is 0 Å². The van der Waals surface area contributed by atoms with Crippen molar-refractivity contribution in [2.24, 2.45) is 0 Å². The number of aryl methyl sites for hydroxylation is 1. The Bertz CT molecular complexity index is 802. The molecule has 3 aromatic rings. The fourth-order valence-corrected chi connectivity index (χ4v) is 3.47. The van der Waals surface area contributed by atoms with E-state index in [-0.39, 0.29) is 5.78 Å². The van der Waals surface area contributed by atoms with Gasteiger partial charge in [-0.3, -0.25) is 4.79 Å². The van der Waals surface area contributed by atoms with Crippen LogP contribution in [0.3, 0.4) is 0 Å². The van der Waals surface area contributed by atoms with Gasteiger partial charge in [-0.2, -0.15) is 0 Å². The number of hydrogen-bond acceptors (Lipinski definition) is 3. The van der Waals surface area contributed by atoms with E-state index in [2.05, 4.69) is 0 Å². The molecular weight excluding hydrogens is 280 g/mol. The van der Waals surface area contributed by atoms with Crippen LogP contribution < -0.4 is 4.74 Å². The summed E-state index contributed by atoms with van der Waals surface area (Å²) in [6.45, 7) is 2.02. The van der Waals surface area contributed by atoms with Gasteiger partial charge in [0, 0.05) is 33.0 Å². The van der Waals surface area contributed by atoms with Gasteiger partial charge >= 0.3 is 0 Å². The highest BCUT2D eigenvalue weighted by molar-refractivity contribution is 7.17. The quantitative estimate of drug-likeness (QED) is 0.655. The van der Waals surface area contributed by atoms with Gasteiger partial charge in [0.2, 0.25) is 0 Å². The number of benzene rings is 2. The van der Waals surface area contributed by atoms with Gasteiger partial charge in [-0.1, -0.05) is 35.9 Å². The van der Waals surface area contributed by atoms with Gasteiger partial charge in [-0.25, -0.2) is 0 Å². The second-order valence-corrected chi connectivity index (χ2v) is 5.97. The number of rotatable bonds is 4. The van der Waals surface area contributed by atoms with E-state index in [9.17, 15) is 4.79 Å². The molecule has 0 aliphatic carbocycles. The lowest BCUT2D eigenvalue weighted by atomic mass is 10.0. The van der Waals surface area contributed by atoms with Gasteiger partial charge in [-0.15, -0.1) is 11.3 Å². The second-order valence-electron chi connectivity index (χ2n) is 5.06. The second kappa shape index (κ2) is 5.70. The zero-order chi connectivity index (χ0) is 14.8. The molecule has 0 saturated carbocycles. The zero-order valence-electron chi connectivity index (χ0n) is 12.1. The minimum atomic E-state index is 0.136. The third kappa shape index (κ3) is 2.69. The Hall–Kier alpha value is -2.13. The molecule has 3 heteroatoms. The Labute approximate surface area is 128 Å². The van der Waals surface area contributed by atoms with Crippen LogP contribution in [0.4, 0.5) is 0 Å². The van der Waals surface area contributed by atoms with Crippen LogP contribution in [-0.4, -0.2) is 12.9 Å².